The van der Waals surface area contributed by atoms with Gasteiger partial charge in [0.1, 0.15) is 0 Å². The summed E-state index contributed by atoms with van der Waals surface area (Å²) in [6.07, 6.45) is 0. The molecular weight excluding hydrogens is 605 g/mol. The molecule has 0 fully saturated rings. The van der Waals surface area contributed by atoms with Crippen molar-refractivity contribution in [3.8, 4) is 44.8 Å². The van der Waals surface area contributed by atoms with E-state index in [-0.39, 0.29) is 0 Å². The molecule has 2 nitrogen and oxygen atoms in total. The van der Waals surface area contributed by atoms with E-state index in [1.54, 1.807) is 0 Å². The normalized spacial score (nSPS) is 11.6. The van der Waals surface area contributed by atoms with Crippen molar-refractivity contribution in [2.24, 2.45) is 0 Å². The summed E-state index contributed by atoms with van der Waals surface area (Å²) >= 11 is 0. The molecule has 10 rings (SSSR count). The number of hydrogen-bond donors (Lipinski definition) is 0. The molecule has 0 spiro atoms. The molecule has 0 radical (unpaired) electrons. The van der Waals surface area contributed by atoms with Crippen LogP contribution in [0.4, 0.5) is 0 Å². The SMILES string of the molecule is c1ccc(-c2cccc(-n3c4ccccc4c4c3ccc3c5ccccc5n(-c5ccccc5-c5ccccc5-c5ccccc5)c34)c2)cc1. The average Bonchev–Trinajstić information content (AvgIpc) is 3.72. The van der Waals surface area contributed by atoms with Crippen molar-refractivity contribution in [3.05, 3.63) is 194 Å². The van der Waals surface area contributed by atoms with E-state index in [4.69, 9.17) is 0 Å². The van der Waals surface area contributed by atoms with Gasteiger partial charge in [-0.2, -0.15) is 0 Å². The average molecular weight is 637 g/mol. The predicted molar refractivity (Wildman–Crippen MR) is 211 cm³/mol. The van der Waals surface area contributed by atoms with Gasteiger partial charge in [-0.05, 0) is 64.2 Å². The molecular formula is C48H32N2. The molecule has 234 valence electrons. The molecule has 0 aliphatic carbocycles. The number of hydrogen-bond acceptors (Lipinski definition) is 0. The Hall–Kier alpha value is -6.64. The van der Waals surface area contributed by atoms with Gasteiger partial charge in [0.25, 0.3) is 0 Å². The molecule has 0 saturated heterocycles. The summed E-state index contributed by atoms with van der Waals surface area (Å²) in [7, 11) is 0. The molecule has 0 unspecified atom stereocenters. The Morgan fingerprint density at radius 3 is 1.66 bits per heavy atom. The number of para-hydroxylation sites is 3. The standard InChI is InChI=1S/C48H32N2/c1-3-16-33(17-4-1)35-20-15-21-36(32-35)49-45-29-14-11-26-42(45)47-46(49)31-30-41-40-25-10-13-28-44(40)50(48(41)47)43-27-12-9-24-39(43)38-23-8-7-22-37(38)34-18-5-2-6-19-34/h1-32H. The highest BCUT2D eigenvalue weighted by atomic mass is 15.0. The van der Waals surface area contributed by atoms with Gasteiger partial charge in [-0.15, -0.1) is 0 Å². The number of fused-ring (bicyclic) bond motifs is 7. The fourth-order valence-corrected chi connectivity index (χ4v) is 7.98. The Kier molecular flexibility index (Phi) is 6.53. The van der Waals surface area contributed by atoms with Gasteiger partial charge < -0.3 is 9.13 Å². The molecule has 0 amide bonds. The van der Waals surface area contributed by atoms with Crippen molar-refractivity contribution < 1.29 is 0 Å². The third-order valence-electron chi connectivity index (χ3n) is 10.1. The molecule has 0 atom stereocenters. The van der Waals surface area contributed by atoms with E-state index in [1.807, 2.05) is 0 Å². The first kappa shape index (κ1) is 28.4. The van der Waals surface area contributed by atoms with Crippen LogP contribution in [0, 0.1) is 0 Å². The maximum atomic E-state index is 2.52. The van der Waals surface area contributed by atoms with Gasteiger partial charge in [-0.25, -0.2) is 0 Å². The monoisotopic (exact) mass is 636 g/mol. The minimum absolute atomic E-state index is 1.15. The van der Waals surface area contributed by atoms with Crippen LogP contribution in [0.25, 0.3) is 88.4 Å². The van der Waals surface area contributed by atoms with Crippen molar-refractivity contribution in [1.82, 2.24) is 9.13 Å². The van der Waals surface area contributed by atoms with Gasteiger partial charge in [-0.3, -0.25) is 0 Å². The lowest BCUT2D eigenvalue weighted by Gasteiger charge is -2.17. The van der Waals surface area contributed by atoms with E-state index in [9.17, 15) is 0 Å². The summed E-state index contributed by atoms with van der Waals surface area (Å²) in [4.78, 5) is 0. The zero-order valence-electron chi connectivity index (χ0n) is 27.4. The Balaban J connectivity index is 1.31. The summed E-state index contributed by atoms with van der Waals surface area (Å²) in [6.45, 7) is 0. The van der Waals surface area contributed by atoms with Crippen molar-refractivity contribution in [1.29, 1.82) is 0 Å². The highest BCUT2D eigenvalue weighted by molar-refractivity contribution is 6.26. The third kappa shape index (κ3) is 4.36. The maximum Gasteiger partial charge on any atom is 0.0641 e. The summed E-state index contributed by atoms with van der Waals surface area (Å²) in [6, 6.07) is 70.3. The van der Waals surface area contributed by atoms with Crippen LogP contribution in [0.15, 0.2) is 194 Å². The molecule has 2 aromatic heterocycles. The first-order chi connectivity index (χ1) is 24.8. The van der Waals surface area contributed by atoms with Crippen LogP contribution in [0.1, 0.15) is 0 Å². The Morgan fingerprint density at radius 2 is 0.880 bits per heavy atom. The number of rotatable bonds is 5. The number of aromatic nitrogens is 2. The molecule has 0 saturated carbocycles. The smallest absolute Gasteiger partial charge is 0.0641 e. The molecule has 0 aliphatic rings. The van der Waals surface area contributed by atoms with E-state index in [2.05, 4.69) is 203 Å². The van der Waals surface area contributed by atoms with Crippen LogP contribution in [0.5, 0.6) is 0 Å². The second-order valence-electron chi connectivity index (χ2n) is 12.9. The van der Waals surface area contributed by atoms with E-state index in [0.717, 1.165) is 11.4 Å². The fourth-order valence-electron chi connectivity index (χ4n) is 7.98. The largest absolute Gasteiger partial charge is 0.309 e. The summed E-state index contributed by atoms with van der Waals surface area (Å²) in [5, 5.41) is 4.99. The predicted octanol–water partition coefficient (Wildman–Crippen LogP) is 12.9. The second-order valence-corrected chi connectivity index (χ2v) is 12.9. The zero-order valence-corrected chi connectivity index (χ0v) is 27.4. The summed E-state index contributed by atoms with van der Waals surface area (Å²) in [5.74, 6) is 0. The van der Waals surface area contributed by atoms with Crippen LogP contribution in [0.3, 0.4) is 0 Å². The number of nitrogens with zero attached hydrogens (tertiary/aromatic N) is 2. The van der Waals surface area contributed by atoms with Crippen LogP contribution in [0.2, 0.25) is 0 Å². The molecule has 50 heavy (non-hydrogen) atoms. The first-order valence-corrected chi connectivity index (χ1v) is 17.2. The Morgan fingerprint density at radius 1 is 0.300 bits per heavy atom. The minimum atomic E-state index is 1.15. The van der Waals surface area contributed by atoms with Gasteiger partial charge in [0.05, 0.1) is 27.8 Å². The Bertz CT molecular complexity index is 2860. The molecule has 0 aliphatic heterocycles. The Labute approximate surface area is 290 Å². The lowest BCUT2D eigenvalue weighted by atomic mass is 9.93. The summed E-state index contributed by atoms with van der Waals surface area (Å²) in [5.41, 5.74) is 14.4. The van der Waals surface area contributed by atoms with Gasteiger partial charge in [0.15, 0.2) is 0 Å². The van der Waals surface area contributed by atoms with E-state index in [0.29, 0.717) is 0 Å². The highest BCUT2D eigenvalue weighted by Gasteiger charge is 2.22. The molecule has 2 heteroatoms. The van der Waals surface area contributed by atoms with Crippen molar-refractivity contribution in [2.75, 3.05) is 0 Å². The second kappa shape index (κ2) is 11.5. The molecule has 0 N–H and O–H groups in total. The van der Waals surface area contributed by atoms with E-state index >= 15 is 0 Å². The van der Waals surface area contributed by atoms with Crippen molar-refractivity contribution in [2.45, 2.75) is 0 Å². The van der Waals surface area contributed by atoms with Gasteiger partial charge in [0.2, 0.25) is 0 Å². The third-order valence-corrected chi connectivity index (χ3v) is 10.1. The van der Waals surface area contributed by atoms with Crippen molar-refractivity contribution in [3.63, 3.8) is 0 Å². The van der Waals surface area contributed by atoms with Crippen molar-refractivity contribution >= 4 is 43.6 Å². The highest BCUT2D eigenvalue weighted by Crippen LogP contribution is 2.44. The van der Waals surface area contributed by atoms with E-state index < -0.39 is 0 Å². The van der Waals surface area contributed by atoms with Gasteiger partial charge in [-0.1, -0.05) is 158 Å². The fraction of sp³-hybridized carbons (Fsp3) is 0. The quantitative estimate of drug-likeness (QED) is 0.178. The minimum Gasteiger partial charge on any atom is -0.309 e. The molecule has 8 aromatic carbocycles. The van der Waals surface area contributed by atoms with Gasteiger partial charge in [0, 0.05) is 32.8 Å². The summed E-state index contributed by atoms with van der Waals surface area (Å²) < 4.78 is 4.95. The van der Waals surface area contributed by atoms with Gasteiger partial charge >= 0.3 is 0 Å². The first-order valence-electron chi connectivity index (χ1n) is 17.2. The van der Waals surface area contributed by atoms with Crippen LogP contribution < -0.4 is 0 Å². The lowest BCUT2D eigenvalue weighted by molar-refractivity contribution is 1.17. The topological polar surface area (TPSA) is 9.86 Å². The van der Waals surface area contributed by atoms with Crippen LogP contribution in [-0.2, 0) is 0 Å². The zero-order chi connectivity index (χ0) is 33.0. The van der Waals surface area contributed by atoms with Crippen LogP contribution in [-0.4, -0.2) is 9.13 Å². The molecule has 0 bridgehead atoms. The molecule has 2 heterocycles. The van der Waals surface area contributed by atoms with Crippen LogP contribution >= 0.6 is 0 Å². The van der Waals surface area contributed by atoms with E-state index in [1.165, 1.54) is 77.0 Å². The number of benzene rings is 8. The molecule has 10 aromatic rings. The maximum absolute atomic E-state index is 2.52. The lowest BCUT2D eigenvalue weighted by Crippen LogP contribution is -1.98.